The predicted octanol–water partition coefficient (Wildman–Crippen LogP) is 6.51. The topological polar surface area (TPSA) is 60.8 Å². The zero-order chi connectivity index (χ0) is 27.0. The summed E-state index contributed by atoms with van der Waals surface area (Å²) in [6.45, 7) is 8.73. The lowest BCUT2D eigenvalue weighted by Crippen LogP contribution is -2.39. The smallest absolute Gasteiger partial charge is 0.309 e. The van der Waals surface area contributed by atoms with E-state index < -0.39 is 0 Å². The molecule has 0 aliphatic rings. The Morgan fingerprint density at radius 2 is 1.82 bits per heavy atom. The molecule has 0 saturated heterocycles. The highest BCUT2D eigenvalue weighted by atomic mass is 19.1. The summed E-state index contributed by atoms with van der Waals surface area (Å²) >= 11 is 0. The van der Waals surface area contributed by atoms with Crippen molar-refractivity contribution in [3.8, 4) is 23.0 Å². The summed E-state index contributed by atoms with van der Waals surface area (Å²) in [5, 5.41) is 3.42. The Bertz CT molecular complexity index is 1600. The van der Waals surface area contributed by atoms with Gasteiger partial charge in [0, 0.05) is 36.0 Å². The Morgan fingerprint density at radius 3 is 2.45 bits per heavy atom. The first kappa shape index (κ1) is 25.4. The predicted molar refractivity (Wildman–Crippen MR) is 144 cm³/mol. The molecular weight excluding hydrogens is 486 g/mol. The number of rotatable bonds is 8. The van der Waals surface area contributed by atoms with E-state index in [2.05, 4.69) is 17.2 Å². The number of nitrogens with one attached hydrogen (secondary N) is 1. The second-order valence-electron chi connectivity index (χ2n) is 9.54. The number of halogens is 2. The van der Waals surface area contributed by atoms with Crippen LogP contribution in [0.15, 0.2) is 61.1 Å². The van der Waals surface area contributed by atoms with Crippen LogP contribution in [0, 0.1) is 18.6 Å². The maximum absolute atomic E-state index is 15.0. The van der Waals surface area contributed by atoms with Gasteiger partial charge in [-0.15, -0.1) is 0 Å². The Balaban J connectivity index is 1.67. The number of methoxy groups -OCH3 is 1. The van der Waals surface area contributed by atoms with Gasteiger partial charge in [-0.3, -0.25) is 4.57 Å². The van der Waals surface area contributed by atoms with E-state index in [9.17, 15) is 4.39 Å². The number of aryl methyl sites for hydroxylation is 1. The Labute approximate surface area is 220 Å². The molecule has 38 heavy (non-hydrogen) atoms. The van der Waals surface area contributed by atoms with Crippen LogP contribution in [0.2, 0.25) is 0 Å². The van der Waals surface area contributed by atoms with Gasteiger partial charge in [-0.2, -0.15) is 4.57 Å². The normalized spacial score (nSPS) is 11.5. The van der Waals surface area contributed by atoms with Crippen LogP contribution in [0.4, 0.5) is 20.3 Å². The highest BCUT2D eigenvalue weighted by Gasteiger charge is 2.25. The largest absolute Gasteiger partial charge is 0.464 e. The molecule has 3 heterocycles. The third-order valence-corrected chi connectivity index (χ3v) is 6.43. The number of nitrogens with zero attached hydrogens (tertiary/aromatic N) is 5. The van der Waals surface area contributed by atoms with Crippen molar-refractivity contribution in [3.63, 3.8) is 0 Å². The molecule has 7 nitrogen and oxygen atoms in total. The molecule has 0 amide bonds. The molecule has 9 heteroatoms. The zero-order valence-electron chi connectivity index (χ0n) is 22.2. The lowest BCUT2D eigenvalue weighted by Gasteiger charge is -2.15. The SMILES string of the molecule is CCC[n+]1c(Nc2cc(F)cc3c2nc(-c2ccc(F)cc2)n3C(C)C)ccc(-n2cnc(C)c2)c1OC. The van der Waals surface area contributed by atoms with Crippen molar-refractivity contribution in [3.05, 3.63) is 78.4 Å². The highest BCUT2D eigenvalue weighted by molar-refractivity contribution is 5.93. The van der Waals surface area contributed by atoms with E-state index in [1.165, 1.54) is 24.3 Å². The van der Waals surface area contributed by atoms with Gasteiger partial charge in [-0.1, -0.05) is 6.92 Å². The molecule has 5 aromatic rings. The summed E-state index contributed by atoms with van der Waals surface area (Å²) < 4.78 is 40.4. The maximum Gasteiger partial charge on any atom is 0.309 e. The number of fused-ring (bicyclic) bond motifs is 1. The Hall–Kier alpha value is -4.27. The van der Waals surface area contributed by atoms with Gasteiger partial charge in [-0.05, 0) is 57.5 Å². The minimum atomic E-state index is -0.382. The highest BCUT2D eigenvalue weighted by Crippen LogP contribution is 2.34. The number of benzene rings is 2. The van der Waals surface area contributed by atoms with Crippen LogP contribution in [-0.2, 0) is 6.54 Å². The van der Waals surface area contributed by atoms with Gasteiger partial charge < -0.3 is 9.30 Å². The molecule has 3 aromatic heterocycles. The molecule has 0 spiro atoms. The summed E-state index contributed by atoms with van der Waals surface area (Å²) in [5.41, 5.74) is 4.30. The number of aromatic nitrogens is 5. The average Bonchev–Trinajstić information content (AvgIpc) is 3.49. The second-order valence-corrected chi connectivity index (χ2v) is 9.54. The molecule has 0 unspecified atom stereocenters. The van der Waals surface area contributed by atoms with E-state index in [1.54, 1.807) is 25.6 Å². The quantitative estimate of drug-likeness (QED) is 0.239. The van der Waals surface area contributed by atoms with E-state index >= 15 is 4.39 Å². The molecule has 0 fully saturated rings. The van der Waals surface area contributed by atoms with Gasteiger partial charge in [0.25, 0.3) is 5.82 Å². The first-order valence-corrected chi connectivity index (χ1v) is 12.7. The van der Waals surface area contributed by atoms with E-state index in [-0.39, 0.29) is 17.7 Å². The van der Waals surface area contributed by atoms with Crippen molar-refractivity contribution in [1.29, 1.82) is 0 Å². The Kier molecular flexibility index (Phi) is 6.84. The fraction of sp³-hybridized carbons (Fsp3) is 0.276. The molecule has 0 aliphatic heterocycles. The lowest BCUT2D eigenvalue weighted by molar-refractivity contribution is -0.687. The molecule has 0 saturated carbocycles. The fourth-order valence-corrected chi connectivity index (χ4v) is 4.80. The average molecular weight is 518 g/mol. The standard InChI is InChI=1S/C29H30F2N6O/c1-6-13-36-26(12-11-24(29(36)38-5)35-16-19(4)32-17-35)33-23-14-22(31)15-25-27(23)34-28(37(25)18(2)3)20-7-9-21(30)10-8-20/h7-12,14-18H,6,13H2,1-5H3/p+1. The number of hydrogen-bond donors (Lipinski definition) is 1. The van der Waals surface area contributed by atoms with Gasteiger partial charge in [0.15, 0.2) is 5.69 Å². The van der Waals surface area contributed by atoms with Crippen LogP contribution in [0.5, 0.6) is 5.88 Å². The minimum absolute atomic E-state index is 0.00209. The van der Waals surface area contributed by atoms with Crippen molar-refractivity contribution in [2.45, 2.75) is 46.7 Å². The van der Waals surface area contributed by atoms with Crippen LogP contribution in [0.1, 0.15) is 38.9 Å². The fourth-order valence-electron chi connectivity index (χ4n) is 4.80. The van der Waals surface area contributed by atoms with Crippen molar-refractivity contribution in [2.24, 2.45) is 0 Å². The molecule has 196 valence electrons. The van der Waals surface area contributed by atoms with Gasteiger partial charge in [-0.25, -0.2) is 24.1 Å². The van der Waals surface area contributed by atoms with E-state index in [4.69, 9.17) is 9.72 Å². The third-order valence-electron chi connectivity index (χ3n) is 6.43. The lowest BCUT2D eigenvalue weighted by atomic mass is 10.2. The minimum Gasteiger partial charge on any atom is -0.464 e. The van der Waals surface area contributed by atoms with Crippen LogP contribution >= 0.6 is 0 Å². The van der Waals surface area contributed by atoms with Gasteiger partial charge in [0.2, 0.25) is 0 Å². The Morgan fingerprint density at radius 1 is 1.05 bits per heavy atom. The number of anilines is 2. The number of imidazole rings is 2. The number of ether oxygens (including phenoxy) is 1. The van der Waals surface area contributed by atoms with E-state index in [0.29, 0.717) is 35.0 Å². The third kappa shape index (κ3) is 4.60. The van der Waals surface area contributed by atoms with Crippen molar-refractivity contribution < 1.29 is 18.1 Å². The summed E-state index contributed by atoms with van der Waals surface area (Å²) in [4.78, 5) is 9.26. The van der Waals surface area contributed by atoms with Crippen LogP contribution in [-0.4, -0.2) is 26.2 Å². The molecule has 0 aliphatic carbocycles. The van der Waals surface area contributed by atoms with Gasteiger partial charge in [0.1, 0.15) is 28.7 Å². The first-order chi connectivity index (χ1) is 18.3. The summed E-state index contributed by atoms with van der Waals surface area (Å²) in [6, 6.07) is 13.0. The molecule has 5 rings (SSSR count). The van der Waals surface area contributed by atoms with Gasteiger partial charge >= 0.3 is 5.88 Å². The summed E-state index contributed by atoms with van der Waals surface area (Å²) in [7, 11) is 1.64. The maximum atomic E-state index is 15.0. The summed E-state index contributed by atoms with van der Waals surface area (Å²) in [5.74, 6) is 1.33. The monoisotopic (exact) mass is 517 g/mol. The first-order valence-electron chi connectivity index (χ1n) is 12.7. The van der Waals surface area contributed by atoms with Gasteiger partial charge in [0.05, 0.1) is 31.2 Å². The molecule has 0 atom stereocenters. The van der Waals surface area contributed by atoms with Crippen molar-refractivity contribution >= 4 is 22.5 Å². The van der Waals surface area contributed by atoms with E-state index in [0.717, 1.165) is 29.2 Å². The van der Waals surface area contributed by atoms with Crippen molar-refractivity contribution in [2.75, 3.05) is 12.4 Å². The van der Waals surface area contributed by atoms with Crippen LogP contribution in [0.3, 0.4) is 0 Å². The van der Waals surface area contributed by atoms with Crippen LogP contribution in [0.25, 0.3) is 28.1 Å². The zero-order valence-corrected chi connectivity index (χ0v) is 22.2. The van der Waals surface area contributed by atoms with Crippen molar-refractivity contribution in [1.82, 2.24) is 19.1 Å². The van der Waals surface area contributed by atoms with Crippen LogP contribution < -0.4 is 14.6 Å². The molecule has 1 N–H and O–H groups in total. The van der Waals surface area contributed by atoms with E-state index in [1.807, 2.05) is 52.8 Å². The number of pyridine rings is 1. The molecule has 0 bridgehead atoms. The molecular formula is C29H31F2N6O+. The summed E-state index contributed by atoms with van der Waals surface area (Å²) in [6.07, 6.45) is 4.55. The molecule has 0 radical (unpaired) electrons. The number of hydrogen-bond acceptors (Lipinski definition) is 4. The second kappa shape index (κ2) is 10.2. The molecule has 2 aromatic carbocycles.